The maximum atomic E-state index is 10.5. The molecule has 0 fully saturated rings. The van der Waals surface area contributed by atoms with Gasteiger partial charge in [-0.3, -0.25) is 10.1 Å². The van der Waals surface area contributed by atoms with E-state index in [9.17, 15) is 10.1 Å². The Morgan fingerprint density at radius 1 is 1.56 bits per heavy atom. The lowest BCUT2D eigenvalue weighted by Gasteiger charge is -2.13. The van der Waals surface area contributed by atoms with E-state index in [4.69, 9.17) is 10.5 Å². The molecule has 1 atom stereocenters. The van der Waals surface area contributed by atoms with E-state index in [-0.39, 0.29) is 17.5 Å². The number of ether oxygens (including phenoxy) is 1. The molecule has 1 aromatic carbocycles. The average Bonchev–Trinajstić information content (AvgIpc) is 2.17. The second kappa shape index (κ2) is 5.34. The summed E-state index contributed by atoms with van der Waals surface area (Å²) in [6, 6.07) is 4.42. The van der Waals surface area contributed by atoms with Crippen LogP contribution in [0, 0.1) is 10.1 Å². The van der Waals surface area contributed by atoms with Gasteiger partial charge in [0, 0.05) is 12.1 Å². The fourth-order valence-corrected chi connectivity index (χ4v) is 1.47. The maximum absolute atomic E-state index is 10.5. The Hall–Kier alpha value is -1.78. The SMILES string of the molecule is CCCC(C)Oc1ccc([N+](=O)[O-])c(N)c1. The highest BCUT2D eigenvalue weighted by Crippen LogP contribution is 2.26. The van der Waals surface area contributed by atoms with E-state index in [0.717, 1.165) is 12.8 Å². The van der Waals surface area contributed by atoms with E-state index < -0.39 is 4.92 Å². The molecule has 0 amide bonds. The summed E-state index contributed by atoms with van der Waals surface area (Å²) >= 11 is 0. The van der Waals surface area contributed by atoms with Gasteiger partial charge < -0.3 is 10.5 Å². The molecule has 1 unspecified atom stereocenters. The molecule has 2 N–H and O–H groups in total. The fourth-order valence-electron chi connectivity index (χ4n) is 1.47. The smallest absolute Gasteiger partial charge is 0.292 e. The Kier molecular flexibility index (Phi) is 4.10. The molecule has 0 aliphatic rings. The molecule has 5 nitrogen and oxygen atoms in total. The Morgan fingerprint density at radius 2 is 2.25 bits per heavy atom. The van der Waals surface area contributed by atoms with Crippen LogP contribution in [0.25, 0.3) is 0 Å². The first-order chi connectivity index (χ1) is 7.54. The van der Waals surface area contributed by atoms with E-state index in [1.54, 1.807) is 6.07 Å². The maximum Gasteiger partial charge on any atom is 0.292 e. The first-order valence-corrected chi connectivity index (χ1v) is 5.25. The number of hydrogen-bond donors (Lipinski definition) is 1. The molecule has 0 spiro atoms. The van der Waals surface area contributed by atoms with Crippen LogP contribution in [0.15, 0.2) is 18.2 Å². The van der Waals surface area contributed by atoms with Crippen molar-refractivity contribution in [1.82, 2.24) is 0 Å². The molecule has 0 aliphatic heterocycles. The van der Waals surface area contributed by atoms with E-state index in [0.29, 0.717) is 5.75 Å². The van der Waals surface area contributed by atoms with E-state index in [1.807, 2.05) is 6.92 Å². The lowest BCUT2D eigenvalue weighted by Crippen LogP contribution is -2.11. The average molecular weight is 224 g/mol. The van der Waals surface area contributed by atoms with Crippen molar-refractivity contribution >= 4 is 11.4 Å². The highest BCUT2D eigenvalue weighted by Gasteiger charge is 2.12. The number of rotatable bonds is 5. The summed E-state index contributed by atoms with van der Waals surface area (Å²) in [7, 11) is 0. The molecule has 5 heteroatoms. The van der Waals surface area contributed by atoms with Gasteiger partial charge in [-0.25, -0.2) is 0 Å². The van der Waals surface area contributed by atoms with Crippen LogP contribution in [0.4, 0.5) is 11.4 Å². The third-order valence-electron chi connectivity index (χ3n) is 2.23. The summed E-state index contributed by atoms with van der Waals surface area (Å²) in [6.45, 7) is 4.03. The highest BCUT2D eigenvalue weighted by atomic mass is 16.6. The summed E-state index contributed by atoms with van der Waals surface area (Å²) in [4.78, 5) is 10.0. The van der Waals surface area contributed by atoms with Gasteiger partial charge in [-0.05, 0) is 19.4 Å². The number of benzene rings is 1. The largest absolute Gasteiger partial charge is 0.491 e. The quantitative estimate of drug-likeness (QED) is 0.474. The predicted octanol–water partition coefficient (Wildman–Crippen LogP) is 2.74. The molecule has 0 heterocycles. The van der Waals surface area contributed by atoms with Crippen LogP contribution in [-0.4, -0.2) is 11.0 Å². The number of anilines is 1. The predicted molar refractivity (Wildman–Crippen MR) is 62.5 cm³/mol. The van der Waals surface area contributed by atoms with Crippen molar-refractivity contribution in [2.75, 3.05) is 5.73 Å². The number of nitro benzene ring substituents is 1. The molecule has 1 aromatic rings. The summed E-state index contributed by atoms with van der Waals surface area (Å²) in [5, 5.41) is 10.5. The minimum absolute atomic E-state index is 0.0875. The minimum atomic E-state index is -0.505. The van der Waals surface area contributed by atoms with Crippen molar-refractivity contribution in [2.24, 2.45) is 0 Å². The Balaban J connectivity index is 2.77. The first-order valence-electron chi connectivity index (χ1n) is 5.25. The minimum Gasteiger partial charge on any atom is -0.491 e. The van der Waals surface area contributed by atoms with Gasteiger partial charge in [0.2, 0.25) is 0 Å². The van der Waals surface area contributed by atoms with Gasteiger partial charge >= 0.3 is 0 Å². The normalized spacial score (nSPS) is 12.1. The molecule has 16 heavy (non-hydrogen) atoms. The zero-order valence-electron chi connectivity index (χ0n) is 9.47. The zero-order chi connectivity index (χ0) is 12.1. The number of nitrogens with zero attached hydrogens (tertiary/aromatic N) is 1. The van der Waals surface area contributed by atoms with Crippen molar-refractivity contribution in [3.8, 4) is 5.75 Å². The van der Waals surface area contributed by atoms with Crippen LogP contribution in [0.2, 0.25) is 0 Å². The first kappa shape index (κ1) is 12.3. The van der Waals surface area contributed by atoms with Gasteiger partial charge in [0.25, 0.3) is 5.69 Å². The molecule has 1 rings (SSSR count). The number of nitro groups is 1. The van der Waals surface area contributed by atoms with Crippen LogP contribution < -0.4 is 10.5 Å². The van der Waals surface area contributed by atoms with Gasteiger partial charge in [0.1, 0.15) is 11.4 Å². The second-order valence-electron chi connectivity index (χ2n) is 3.69. The van der Waals surface area contributed by atoms with Crippen LogP contribution in [-0.2, 0) is 0 Å². The van der Waals surface area contributed by atoms with Crippen molar-refractivity contribution in [3.05, 3.63) is 28.3 Å². The standard InChI is InChI=1S/C11H16N2O3/c1-3-4-8(2)16-9-5-6-11(13(14)15)10(12)7-9/h5-8H,3-4,12H2,1-2H3. The molecular weight excluding hydrogens is 208 g/mol. The van der Waals surface area contributed by atoms with Crippen LogP contribution >= 0.6 is 0 Å². The topological polar surface area (TPSA) is 78.4 Å². The van der Waals surface area contributed by atoms with Crippen molar-refractivity contribution < 1.29 is 9.66 Å². The van der Waals surface area contributed by atoms with E-state index in [2.05, 4.69) is 6.92 Å². The third-order valence-corrected chi connectivity index (χ3v) is 2.23. The third kappa shape index (κ3) is 3.12. The molecule has 0 radical (unpaired) electrons. The zero-order valence-corrected chi connectivity index (χ0v) is 9.47. The van der Waals surface area contributed by atoms with Crippen LogP contribution in [0.1, 0.15) is 26.7 Å². The molecule has 88 valence electrons. The lowest BCUT2D eigenvalue weighted by atomic mass is 10.2. The molecule has 0 aromatic heterocycles. The summed E-state index contributed by atoms with van der Waals surface area (Å²) < 4.78 is 5.57. The number of nitrogen functional groups attached to an aromatic ring is 1. The van der Waals surface area contributed by atoms with Crippen molar-refractivity contribution in [1.29, 1.82) is 0 Å². The van der Waals surface area contributed by atoms with Gasteiger partial charge in [0.15, 0.2) is 0 Å². The number of hydrogen-bond acceptors (Lipinski definition) is 4. The Bertz CT molecular complexity index is 379. The highest BCUT2D eigenvalue weighted by molar-refractivity contribution is 5.60. The lowest BCUT2D eigenvalue weighted by molar-refractivity contribution is -0.383. The van der Waals surface area contributed by atoms with Crippen LogP contribution in [0.5, 0.6) is 5.75 Å². The summed E-state index contributed by atoms with van der Waals surface area (Å²) in [5.74, 6) is 0.573. The molecular formula is C11H16N2O3. The molecule has 0 bridgehead atoms. The summed E-state index contributed by atoms with van der Waals surface area (Å²) in [6.07, 6.45) is 2.06. The van der Waals surface area contributed by atoms with E-state index >= 15 is 0 Å². The molecule has 0 saturated carbocycles. The van der Waals surface area contributed by atoms with Gasteiger partial charge in [-0.15, -0.1) is 0 Å². The van der Waals surface area contributed by atoms with Crippen molar-refractivity contribution in [3.63, 3.8) is 0 Å². The van der Waals surface area contributed by atoms with E-state index in [1.165, 1.54) is 12.1 Å². The molecule has 0 saturated heterocycles. The second-order valence-corrected chi connectivity index (χ2v) is 3.69. The molecule has 0 aliphatic carbocycles. The van der Waals surface area contributed by atoms with Gasteiger partial charge in [-0.2, -0.15) is 0 Å². The van der Waals surface area contributed by atoms with Crippen LogP contribution in [0.3, 0.4) is 0 Å². The van der Waals surface area contributed by atoms with Gasteiger partial charge in [0.05, 0.1) is 11.0 Å². The Morgan fingerprint density at radius 3 is 2.75 bits per heavy atom. The number of nitrogens with two attached hydrogens (primary N) is 1. The monoisotopic (exact) mass is 224 g/mol. The fraction of sp³-hybridized carbons (Fsp3) is 0.455. The summed E-state index contributed by atoms with van der Waals surface area (Å²) in [5.41, 5.74) is 5.59. The Labute approximate surface area is 94.4 Å². The van der Waals surface area contributed by atoms with Crippen molar-refractivity contribution in [2.45, 2.75) is 32.8 Å². The van der Waals surface area contributed by atoms with Gasteiger partial charge in [-0.1, -0.05) is 13.3 Å².